The van der Waals surface area contributed by atoms with E-state index in [1.165, 1.54) is 0 Å². The summed E-state index contributed by atoms with van der Waals surface area (Å²) in [7, 11) is 0. The van der Waals surface area contributed by atoms with Gasteiger partial charge in [-0.05, 0) is 19.8 Å². The molecule has 5 heteroatoms. The van der Waals surface area contributed by atoms with E-state index in [9.17, 15) is 4.79 Å². The molecular weight excluding hydrogens is 200 g/mol. The van der Waals surface area contributed by atoms with Crippen LogP contribution in [0.2, 0.25) is 0 Å². The van der Waals surface area contributed by atoms with Gasteiger partial charge in [0.1, 0.15) is 0 Å². The second-order valence-electron chi connectivity index (χ2n) is 4.11. The predicted molar refractivity (Wildman–Crippen MR) is 60.2 cm³/mol. The van der Waals surface area contributed by atoms with Crippen LogP contribution >= 0.6 is 12.2 Å². The van der Waals surface area contributed by atoms with Crippen LogP contribution in [0.15, 0.2) is 0 Å². The molecule has 0 aliphatic carbocycles. The lowest BCUT2D eigenvalue weighted by Crippen LogP contribution is -2.52. The topological polar surface area (TPSA) is 64.3 Å². The highest BCUT2D eigenvalue weighted by molar-refractivity contribution is 7.80. The molecule has 3 N–H and O–H groups in total. The lowest BCUT2D eigenvalue weighted by atomic mass is 10.1. The Hall–Kier alpha value is -0.840. The van der Waals surface area contributed by atoms with Crippen molar-refractivity contribution < 1.29 is 9.53 Å². The molecule has 0 saturated carbocycles. The molecule has 0 spiro atoms. The molecule has 0 fully saturated rings. The van der Waals surface area contributed by atoms with Crippen molar-refractivity contribution in [3.05, 3.63) is 0 Å². The van der Waals surface area contributed by atoms with Crippen molar-refractivity contribution in [2.45, 2.75) is 33.2 Å². The predicted octanol–water partition coefficient (Wildman–Crippen LogP) is 1.43. The molecule has 0 rings (SSSR count). The summed E-state index contributed by atoms with van der Waals surface area (Å²) in [6, 6.07) is 0. The molecule has 82 valence electrons. The minimum Gasteiger partial charge on any atom is -0.449 e. The summed E-state index contributed by atoms with van der Waals surface area (Å²) >= 11 is 4.79. The van der Waals surface area contributed by atoms with Crippen molar-refractivity contribution in [2.24, 2.45) is 11.7 Å². The van der Waals surface area contributed by atoms with Crippen molar-refractivity contribution in [1.82, 2.24) is 5.32 Å². The van der Waals surface area contributed by atoms with Gasteiger partial charge in [-0.1, -0.05) is 26.1 Å². The second-order valence-corrected chi connectivity index (χ2v) is 4.55. The standard InChI is InChI=1S/C9H18N2O2S/c1-6(2)5-13-8(12)11-9(3,4)7(10)14/h6H,5H2,1-4H3,(H2,10,14)(H,11,12). The molecular formula is C9H18N2O2S. The lowest BCUT2D eigenvalue weighted by Gasteiger charge is -2.24. The van der Waals surface area contributed by atoms with E-state index in [1.54, 1.807) is 13.8 Å². The summed E-state index contributed by atoms with van der Waals surface area (Å²) in [5.74, 6) is 0.314. The Kier molecular flexibility index (Phi) is 4.83. The summed E-state index contributed by atoms with van der Waals surface area (Å²) in [4.78, 5) is 11.5. The van der Waals surface area contributed by atoms with Crippen LogP contribution < -0.4 is 11.1 Å². The number of amides is 1. The van der Waals surface area contributed by atoms with Gasteiger partial charge in [0, 0.05) is 0 Å². The van der Waals surface area contributed by atoms with E-state index in [-0.39, 0.29) is 4.99 Å². The number of rotatable bonds is 4. The number of nitrogens with one attached hydrogen (secondary N) is 1. The quantitative estimate of drug-likeness (QED) is 0.701. The molecule has 0 radical (unpaired) electrons. The summed E-state index contributed by atoms with van der Waals surface area (Å²) in [5, 5.41) is 2.58. The molecule has 4 nitrogen and oxygen atoms in total. The van der Waals surface area contributed by atoms with Crippen molar-refractivity contribution in [2.75, 3.05) is 6.61 Å². The van der Waals surface area contributed by atoms with Gasteiger partial charge in [-0.25, -0.2) is 4.79 Å². The highest BCUT2D eigenvalue weighted by Gasteiger charge is 2.24. The van der Waals surface area contributed by atoms with Gasteiger partial charge in [0.25, 0.3) is 0 Å². The van der Waals surface area contributed by atoms with Gasteiger partial charge in [-0.15, -0.1) is 0 Å². The zero-order chi connectivity index (χ0) is 11.4. The van der Waals surface area contributed by atoms with Crippen molar-refractivity contribution in [3.8, 4) is 0 Å². The molecule has 0 bridgehead atoms. The molecule has 1 amide bonds. The van der Waals surface area contributed by atoms with E-state index in [0.29, 0.717) is 12.5 Å². The molecule has 0 atom stereocenters. The number of nitrogens with two attached hydrogens (primary N) is 1. The fraction of sp³-hybridized carbons (Fsp3) is 0.778. The monoisotopic (exact) mass is 218 g/mol. The first-order valence-corrected chi connectivity index (χ1v) is 4.91. The number of hydrogen-bond donors (Lipinski definition) is 2. The molecule has 0 heterocycles. The van der Waals surface area contributed by atoms with Crippen LogP contribution in [0.4, 0.5) is 4.79 Å². The molecule has 0 saturated heterocycles. The van der Waals surface area contributed by atoms with Gasteiger partial charge in [-0.2, -0.15) is 0 Å². The largest absolute Gasteiger partial charge is 0.449 e. The minimum absolute atomic E-state index is 0.235. The number of hydrogen-bond acceptors (Lipinski definition) is 3. The summed E-state index contributed by atoms with van der Waals surface area (Å²) in [5.41, 5.74) is 4.73. The highest BCUT2D eigenvalue weighted by atomic mass is 32.1. The fourth-order valence-corrected chi connectivity index (χ4v) is 0.646. The van der Waals surface area contributed by atoms with Gasteiger partial charge in [-0.3, -0.25) is 0 Å². The van der Waals surface area contributed by atoms with Crippen LogP contribution in [0.25, 0.3) is 0 Å². The smallest absolute Gasteiger partial charge is 0.407 e. The number of alkyl carbamates (subject to hydrolysis) is 1. The van der Waals surface area contributed by atoms with Gasteiger partial charge < -0.3 is 15.8 Å². The molecule has 0 aromatic heterocycles. The third kappa shape index (κ3) is 5.01. The number of thiocarbonyl (C=S) groups is 1. The lowest BCUT2D eigenvalue weighted by molar-refractivity contribution is 0.128. The van der Waals surface area contributed by atoms with E-state index in [0.717, 1.165) is 0 Å². The molecule has 0 aromatic rings. The second kappa shape index (κ2) is 5.14. The average molecular weight is 218 g/mol. The first-order chi connectivity index (χ1) is 6.25. The van der Waals surface area contributed by atoms with Crippen LogP contribution in [-0.4, -0.2) is 23.2 Å². The average Bonchev–Trinajstić information content (AvgIpc) is 1.99. The minimum atomic E-state index is -0.705. The maximum absolute atomic E-state index is 11.2. The maximum atomic E-state index is 11.2. The van der Waals surface area contributed by atoms with Crippen LogP contribution in [0.3, 0.4) is 0 Å². The van der Waals surface area contributed by atoms with Gasteiger partial charge >= 0.3 is 6.09 Å². The first kappa shape index (κ1) is 13.2. The summed E-state index contributed by atoms with van der Waals surface area (Å²) in [6.45, 7) is 7.77. The van der Waals surface area contributed by atoms with E-state index >= 15 is 0 Å². The van der Waals surface area contributed by atoms with E-state index in [2.05, 4.69) is 5.32 Å². The molecule has 0 aliphatic heterocycles. The van der Waals surface area contributed by atoms with Crippen molar-refractivity contribution in [3.63, 3.8) is 0 Å². The number of ether oxygens (including phenoxy) is 1. The highest BCUT2D eigenvalue weighted by Crippen LogP contribution is 2.03. The molecule has 14 heavy (non-hydrogen) atoms. The SMILES string of the molecule is CC(C)COC(=O)NC(C)(C)C(N)=S. The first-order valence-electron chi connectivity index (χ1n) is 4.50. The molecule has 0 unspecified atom stereocenters. The Balaban J connectivity index is 4.00. The Morgan fingerprint density at radius 1 is 1.57 bits per heavy atom. The van der Waals surface area contributed by atoms with Crippen LogP contribution in [-0.2, 0) is 4.74 Å². The van der Waals surface area contributed by atoms with Crippen molar-refractivity contribution in [1.29, 1.82) is 0 Å². The Morgan fingerprint density at radius 3 is 2.43 bits per heavy atom. The molecule has 0 aliphatic rings. The van der Waals surface area contributed by atoms with E-state index in [1.807, 2.05) is 13.8 Å². The third-order valence-corrected chi connectivity index (χ3v) is 2.09. The Labute approximate surface area is 90.2 Å². The maximum Gasteiger partial charge on any atom is 0.407 e. The number of carbonyl (C=O) groups is 1. The van der Waals surface area contributed by atoms with Gasteiger partial charge in [0.2, 0.25) is 0 Å². The third-order valence-electron chi connectivity index (χ3n) is 1.58. The summed E-state index contributed by atoms with van der Waals surface area (Å²) < 4.78 is 4.92. The van der Waals surface area contributed by atoms with Crippen LogP contribution in [0, 0.1) is 5.92 Å². The van der Waals surface area contributed by atoms with E-state index in [4.69, 9.17) is 22.7 Å². The fourth-order valence-electron chi connectivity index (χ4n) is 0.595. The molecule has 0 aromatic carbocycles. The number of carbonyl (C=O) groups excluding carboxylic acids is 1. The van der Waals surface area contributed by atoms with Crippen LogP contribution in [0.1, 0.15) is 27.7 Å². The van der Waals surface area contributed by atoms with E-state index < -0.39 is 11.6 Å². The summed E-state index contributed by atoms with van der Waals surface area (Å²) in [6.07, 6.45) is -0.489. The Bertz CT molecular complexity index is 227. The van der Waals surface area contributed by atoms with Gasteiger partial charge in [0.05, 0.1) is 17.1 Å². The zero-order valence-electron chi connectivity index (χ0n) is 9.09. The zero-order valence-corrected chi connectivity index (χ0v) is 9.90. The van der Waals surface area contributed by atoms with Crippen molar-refractivity contribution >= 4 is 23.3 Å². The van der Waals surface area contributed by atoms with Gasteiger partial charge in [0.15, 0.2) is 0 Å². The Morgan fingerprint density at radius 2 is 2.07 bits per heavy atom. The normalized spacial score (nSPS) is 11.2. The van der Waals surface area contributed by atoms with Crippen LogP contribution in [0.5, 0.6) is 0 Å².